The highest BCUT2D eigenvalue weighted by Crippen LogP contribution is 2.33. The Kier molecular flexibility index (Phi) is 6.02. The number of methoxy groups -OCH3 is 1. The zero-order chi connectivity index (χ0) is 19.3. The number of fused-ring (bicyclic) bond motifs is 1. The van der Waals surface area contributed by atoms with Gasteiger partial charge in [0.25, 0.3) is 0 Å². The van der Waals surface area contributed by atoms with Gasteiger partial charge in [-0.25, -0.2) is 4.98 Å². The molecule has 1 saturated heterocycles. The van der Waals surface area contributed by atoms with Gasteiger partial charge in [0, 0.05) is 69.2 Å². The number of rotatable bonds is 7. The Labute approximate surface area is 165 Å². The summed E-state index contributed by atoms with van der Waals surface area (Å²) in [4.78, 5) is 13.0. The quantitative estimate of drug-likeness (QED) is 0.659. The molecule has 0 atom stereocenters. The van der Waals surface area contributed by atoms with Gasteiger partial charge < -0.3 is 14.8 Å². The van der Waals surface area contributed by atoms with Crippen LogP contribution in [0.3, 0.4) is 0 Å². The molecule has 2 aromatic heterocycles. The zero-order valence-corrected chi connectivity index (χ0v) is 16.4. The maximum atomic E-state index is 9.55. The lowest BCUT2D eigenvalue weighted by Gasteiger charge is -2.34. The van der Waals surface area contributed by atoms with Crippen molar-refractivity contribution in [1.29, 1.82) is 0 Å². The standard InChI is InChI=1S/C22H28N4O2/c1-28-13-12-25-8-10-26(11-9-25)15-20-21(18-5-2-4-17(14-18)16-27)19-6-3-7-23-22(19)24-20/h2-7,14,27H,8-13,15-16H2,1H3,(H,23,24). The molecule has 3 aromatic rings. The van der Waals surface area contributed by atoms with E-state index < -0.39 is 0 Å². The van der Waals surface area contributed by atoms with Crippen molar-refractivity contribution in [2.75, 3.05) is 46.4 Å². The number of piperazine rings is 1. The molecular formula is C22H28N4O2. The first kappa shape index (κ1) is 19.1. The van der Waals surface area contributed by atoms with E-state index in [0.29, 0.717) is 0 Å². The second kappa shape index (κ2) is 8.84. The van der Waals surface area contributed by atoms with Gasteiger partial charge in [0.2, 0.25) is 0 Å². The average Bonchev–Trinajstić information content (AvgIpc) is 3.11. The Morgan fingerprint density at radius 3 is 2.71 bits per heavy atom. The molecule has 1 fully saturated rings. The number of aliphatic hydroxyl groups excluding tert-OH is 1. The van der Waals surface area contributed by atoms with Gasteiger partial charge in [-0.15, -0.1) is 0 Å². The molecule has 0 bridgehead atoms. The van der Waals surface area contributed by atoms with E-state index in [-0.39, 0.29) is 6.61 Å². The molecule has 4 rings (SSSR count). The molecule has 1 aromatic carbocycles. The van der Waals surface area contributed by atoms with Crippen molar-refractivity contribution in [3.63, 3.8) is 0 Å². The van der Waals surface area contributed by atoms with E-state index in [4.69, 9.17) is 4.74 Å². The molecule has 2 N–H and O–H groups in total. The minimum Gasteiger partial charge on any atom is -0.392 e. The number of pyridine rings is 1. The number of aliphatic hydroxyl groups is 1. The zero-order valence-electron chi connectivity index (χ0n) is 16.4. The fraction of sp³-hybridized carbons (Fsp3) is 0.409. The van der Waals surface area contributed by atoms with Crippen molar-refractivity contribution in [1.82, 2.24) is 19.8 Å². The number of benzene rings is 1. The molecule has 0 saturated carbocycles. The SMILES string of the molecule is COCCN1CCN(Cc2[nH]c3ncccc3c2-c2cccc(CO)c2)CC1. The number of hydrogen-bond donors (Lipinski definition) is 2. The van der Waals surface area contributed by atoms with Crippen molar-refractivity contribution in [3.8, 4) is 11.1 Å². The molecule has 0 spiro atoms. The number of ether oxygens (including phenoxy) is 1. The monoisotopic (exact) mass is 380 g/mol. The Bertz CT molecular complexity index is 916. The summed E-state index contributed by atoms with van der Waals surface area (Å²) in [7, 11) is 1.76. The fourth-order valence-corrected chi connectivity index (χ4v) is 3.96. The number of aromatic amines is 1. The Balaban J connectivity index is 1.59. The van der Waals surface area contributed by atoms with Crippen LogP contribution in [0.2, 0.25) is 0 Å². The van der Waals surface area contributed by atoms with E-state index >= 15 is 0 Å². The van der Waals surface area contributed by atoms with Crippen LogP contribution in [-0.2, 0) is 17.9 Å². The van der Waals surface area contributed by atoms with Crippen molar-refractivity contribution in [3.05, 3.63) is 53.9 Å². The highest BCUT2D eigenvalue weighted by atomic mass is 16.5. The van der Waals surface area contributed by atoms with Gasteiger partial charge in [-0.1, -0.05) is 18.2 Å². The van der Waals surface area contributed by atoms with Crippen LogP contribution in [-0.4, -0.2) is 71.3 Å². The second-order valence-corrected chi connectivity index (χ2v) is 7.35. The topological polar surface area (TPSA) is 64.6 Å². The summed E-state index contributed by atoms with van der Waals surface area (Å²) in [6.45, 7) is 6.93. The predicted molar refractivity (Wildman–Crippen MR) is 111 cm³/mol. The first-order chi connectivity index (χ1) is 13.8. The van der Waals surface area contributed by atoms with Gasteiger partial charge in [0.1, 0.15) is 5.65 Å². The predicted octanol–water partition coefficient (Wildman–Crippen LogP) is 2.49. The molecule has 0 unspecified atom stereocenters. The molecule has 1 aliphatic rings. The lowest BCUT2D eigenvalue weighted by molar-refractivity contribution is 0.0934. The highest BCUT2D eigenvalue weighted by molar-refractivity contribution is 5.95. The molecule has 148 valence electrons. The Hall–Kier alpha value is -2.25. The van der Waals surface area contributed by atoms with Gasteiger partial charge in [-0.05, 0) is 29.3 Å². The van der Waals surface area contributed by atoms with Crippen molar-refractivity contribution in [2.24, 2.45) is 0 Å². The third-order valence-corrected chi connectivity index (χ3v) is 5.50. The van der Waals surface area contributed by atoms with Crippen LogP contribution in [0.15, 0.2) is 42.6 Å². The molecule has 28 heavy (non-hydrogen) atoms. The minimum absolute atomic E-state index is 0.0488. The molecule has 6 heteroatoms. The summed E-state index contributed by atoms with van der Waals surface area (Å²) in [5.74, 6) is 0. The Morgan fingerprint density at radius 2 is 1.93 bits per heavy atom. The molecule has 3 heterocycles. The summed E-state index contributed by atoms with van der Waals surface area (Å²) < 4.78 is 5.20. The van der Waals surface area contributed by atoms with Crippen LogP contribution in [0, 0.1) is 0 Å². The largest absolute Gasteiger partial charge is 0.392 e. The molecule has 0 aliphatic carbocycles. The van der Waals surface area contributed by atoms with Gasteiger partial charge in [-0.2, -0.15) is 0 Å². The van der Waals surface area contributed by atoms with E-state index in [1.807, 2.05) is 24.4 Å². The maximum absolute atomic E-state index is 9.55. The van der Waals surface area contributed by atoms with Gasteiger partial charge >= 0.3 is 0 Å². The number of nitrogens with zero attached hydrogens (tertiary/aromatic N) is 3. The van der Waals surface area contributed by atoms with E-state index in [9.17, 15) is 5.11 Å². The lowest BCUT2D eigenvalue weighted by Crippen LogP contribution is -2.46. The number of aromatic nitrogens is 2. The number of H-pyrrole nitrogens is 1. The van der Waals surface area contributed by atoms with Crippen molar-refractivity contribution < 1.29 is 9.84 Å². The average molecular weight is 380 g/mol. The third-order valence-electron chi connectivity index (χ3n) is 5.50. The molecule has 6 nitrogen and oxygen atoms in total. The number of hydrogen-bond acceptors (Lipinski definition) is 5. The van der Waals surface area contributed by atoms with E-state index in [2.05, 4.69) is 38.0 Å². The number of nitrogens with one attached hydrogen (secondary N) is 1. The highest BCUT2D eigenvalue weighted by Gasteiger charge is 2.20. The summed E-state index contributed by atoms with van der Waals surface area (Å²) in [6.07, 6.45) is 1.82. The van der Waals surface area contributed by atoms with E-state index in [1.54, 1.807) is 7.11 Å². The van der Waals surface area contributed by atoms with Crippen LogP contribution in [0.25, 0.3) is 22.2 Å². The minimum atomic E-state index is 0.0488. The van der Waals surface area contributed by atoms with Crippen molar-refractivity contribution in [2.45, 2.75) is 13.2 Å². The van der Waals surface area contributed by atoms with Crippen LogP contribution in [0.5, 0.6) is 0 Å². The summed E-state index contributed by atoms with van der Waals surface area (Å²) in [5, 5.41) is 10.7. The molecule has 0 radical (unpaired) electrons. The summed E-state index contributed by atoms with van der Waals surface area (Å²) >= 11 is 0. The fourth-order valence-electron chi connectivity index (χ4n) is 3.96. The molecule has 0 amide bonds. The normalized spacial score (nSPS) is 16.1. The van der Waals surface area contributed by atoms with Crippen LogP contribution in [0.4, 0.5) is 0 Å². The smallest absolute Gasteiger partial charge is 0.138 e. The maximum Gasteiger partial charge on any atom is 0.138 e. The Morgan fingerprint density at radius 1 is 1.11 bits per heavy atom. The van der Waals surface area contributed by atoms with E-state index in [0.717, 1.165) is 68.0 Å². The first-order valence-electron chi connectivity index (χ1n) is 9.88. The van der Waals surface area contributed by atoms with E-state index in [1.165, 1.54) is 11.3 Å². The second-order valence-electron chi connectivity index (χ2n) is 7.35. The van der Waals surface area contributed by atoms with Crippen LogP contribution in [0.1, 0.15) is 11.3 Å². The van der Waals surface area contributed by atoms with Gasteiger partial charge in [-0.3, -0.25) is 9.80 Å². The summed E-state index contributed by atoms with van der Waals surface area (Å²) in [6, 6.07) is 12.2. The lowest BCUT2D eigenvalue weighted by atomic mass is 10.0. The van der Waals surface area contributed by atoms with Crippen LogP contribution >= 0.6 is 0 Å². The first-order valence-corrected chi connectivity index (χ1v) is 9.88. The molecule has 1 aliphatic heterocycles. The third kappa shape index (κ3) is 4.10. The van der Waals surface area contributed by atoms with Crippen LogP contribution < -0.4 is 0 Å². The molecular weight excluding hydrogens is 352 g/mol. The van der Waals surface area contributed by atoms with Gasteiger partial charge in [0.15, 0.2) is 0 Å². The van der Waals surface area contributed by atoms with Gasteiger partial charge in [0.05, 0.1) is 13.2 Å². The summed E-state index contributed by atoms with van der Waals surface area (Å²) in [5.41, 5.74) is 5.35. The van der Waals surface area contributed by atoms with Crippen molar-refractivity contribution >= 4 is 11.0 Å².